The minimum atomic E-state index is -0.246. The van der Waals surface area contributed by atoms with Crippen molar-refractivity contribution in [3.63, 3.8) is 0 Å². The third kappa shape index (κ3) is 4.68. The summed E-state index contributed by atoms with van der Waals surface area (Å²) in [6.07, 6.45) is 4.70. The summed E-state index contributed by atoms with van der Waals surface area (Å²) in [5.41, 5.74) is 0. The first-order valence-electron chi connectivity index (χ1n) is 7.42. The van der Waals surface area contributed by atoms with Crippen LogP contribution in [0, 0.1) is 17.2 Å². The third-order valence-electron chi connectivity index (χ3n) is 4.15. The molecule has 1 amide bonds. The van der Waals surface area contributed by atoms with Gasteiger partial charge in [0.05, 0.1) is 12.1 Å². The van der Waals surface area contributed by atoms with Crippen LogP contribution in [-0.4, -0.2) is 47.5 Å². The number of hydrogen-bond acceptors (Lipinski definition) is 4. The van der Waals surface area contributed by atoms with E-state index in [4.69, 9.17) is 0 Å². The highest BCUT2D eigenvalue weighted by atomic mass is 32.2. The Bertz CT molecular complexity index is 357. The van der Waals surface area contributed by atoms with Gasteiger partial charge in [-0.05, 0) is 38.4 Å². The molecule has 0 saturated carbocycles. The van der Waals surface area contributed by atoms with Gasteiger partial charge in [0, 0.05) is 19.6 Å². The van der Waals surface area contributed by atoms with Gasteiger partial charge < -0.3 is 5.32 Å². The molecule has 0 bridgehead atoms. The van der Waals surface area contributed by atoms with Crippen LogP contribution < -0.4 is 5.32 Å². The maximum absolute atomic E-state index is 12.1. The van der Waals surface area contributed by atoms with E-state index in [2.05, 4.69) is 30.1 Å². The zero-order chi connectivity index (χ0) is 15.2. The van der Waals surface area contributed by atoms with Crippen molar-refractivity contribution in [1.29, 1.82) is 5.26 Å². The van der Waals surface area contributed by atoms with E-state index in [1.165, 1.54) is 0 Å². The molecular weight excluding hydrogens is 270 g/mol. The Kier molecular flexibility index (Phi) is 6.84. The first kappa shape index (κ1) is 17.3. The van der Waals surface area contributed by atoms with Crippen molar-refractivity contribution in [2.24, 2.45) is 5.92 Å². The molecule has 1 atom stereocenters. The number of nitriles is 1. The van der Waals surface area contributed by atoms with Crippen molar-refractivity contribution in [3.05, 3.63) is 0 Å². The van der Waals surface area contributed by atoms with Crippen LogP contribution in [0.5, 0.6) is 0 Å². The van der Waals surface area contributed by atoms with Gasteiger partial charge in [-0.2, -0.15) is 5.26 Å². The van der Waals surface area contributed by atoms with E-state index in [-0.39, 0.29) is 16.7 Å². The Morgan fingerprint density at radius 3 is 2.45 bits per heavy atom. The molecule has 1 aliphatic heterocycles. The van der Waals surface area contributed by atoms with Gasteiger partial charge in [-0.1, -0.05) is 13.8 Å². The number of hydrogen-bond donors (Lipinski definition) is 1. The van der Waals surface area contributed by atoms with Crippen LogP contribution in [0.15, 0.2) is 0 Å². The van der Waals surface area contributed by atoms with Gasteiger partial charge in [0.15, 0.2) is 0 Å². The number of thioether (sulfide) groups is 1. The van der Waals surface area contributed by atoms with Crippen molar-refractivity contribution in [1.82, 2.24) is 10.2 Å². The van der Waals surface area contributed by atoms with Crippen LogP contribution in [0.3, 0.4) is 0 Å². The number of nitrogens with zero attached hydrogens (tertiary/aromatic N) is 2. The molecule has 0 aromatic rings. The van der Waals surface area contributed by atoms with E-state index in [9.17, 15) is 10.1 Å². The predicted octanol–water partition coefficient (Wildman–Crippen LogP) is 2.26. The van der Waals surface area contributed by atoms with Crippen LogP contribution in [0.4, 0.5) is 0 Å². The van der Waals surface area contributed by atoms with E-state index < -0.39 is 0 Å². The molecule has 4 nitrogen and oxygen atoms in total. The lowest BCUT2D eigenvalue weighted by atomic mass is 9.96. The maximum atomic E-state index is 12.1. The van der Waals surface area contributed by atoms with Crippen molar-refractivity contribution in [2.45, 2.75) is 50.8 Å². The van der Waals surface area contributed by atoms with Gasteiger partial charge >= 0.3 is 0 Å². The monoisotopic (exact) mass is 297 g/mol. The number of carbonyl (C=O) groups excluding carboxylic acids is 1. The summed E-state index contributed by atoms with van der Waals surface area (Å²) in [4.78, 5) is 14.3. The second kappa shape index (κ2) is 7.90. The zero-order valence-electron chi connectivity index (χ0n) is 13.1. The predicted molar refractivity (Wildman–Crippen MR) is 84.6 cm³/mol. The average molecular weight is 297 g/mol. The quantitative estimate of drug-likeness (QED) is 0.817. The second-order valence-electron chi connectivity index (χ2n) is 6.00. The summed E-state index contributed by atoms with van der Waals surface area (Å²) in [5, 5.41) is 12.3. The SMILES string of the molecule is CSC1(C#N)CCN(C(C)C(=O)NCCC(C)C)CC1. The fourth-order valence-corrected chi connectivity index (χ4v) is 3.11. The van der Waals surface area contributed by atoms with E-state index in [1.807, 2.05) is 13.2 Å². The number of carbonyl (C=O) groups is 1. The molecule has 1 unspecified atom stereocenters. The van der Waals surface area contributed by atoms with E-state index in [0.29, 0.717) is 5.92 Å². The summed E-state index contributed by atoms with van der Waals surface area (Å²) < 4.78 is -0.246. The second-order valence-corrected chi connectivity index (χ2v) is 7.19. The van der Waals surface area contributed by atoms with Crippen LogP contribution in [0.25, 0.3) is 0 Å². The molecule has 20 heavy (non-hydrogen) atoms. The normalized spacial score (nSPS) is 20.4. The van der Waals surface area contributed by atoms with Gasteiger partial charge in [0.1, 0.15) is 4.75 Å². The molecule has 0 radical (unpaired) electrons. The van der Waals surface area contributed by atoms with E-state index in [0.717, 1.165) is 38.9 Å². The largest absolute Gasteiger partial charge is 0.355 e. The van der Waals surface area contributed by atoms with Crippen LogP contribution >= 0.6 is 11.8 Å². The molecule has 5 heteroatoms. The van der Waals surface area contributed by atoms with E-state index in [1.54, 1.807) is 11.8 Å². The molecule has 1 heterocycles. The number of amides is 1. The molecule has 1 saturated heterocycles. The molecule has 1 aliphatic rings. The minimum Gasteiger partial charge on any atom is -0.355 e. The van der Waals surface area contributed by atoms with Gasteiger partial charge in [-0.15, -0.1) is 11.8 Å². The lowest BCUT2D eigenvalue weighted by molar-refractivity contribution is -0.126. The summed E-state index contributed by atoms with van der Waals surface area (Å²) in [5.74, 6) is 0.720. The average Bonchev–Trinajstić information content (AvgIpc) is 2.46. The van der Waals surface area contributed by atoms with E-state index >= 15 is 0 Å². The Labute approximate surface area is 127 Å². The summed E-state index contributed by atoms with van der Waals surface area (Å²) in [6, 6.07) is 2.34. The highest BCUT2D eigenvalue weighted by molar-refractivity contribution is 8.00. The van der Waals surface area contributed by atoms with Crippen molar-refractivity contribution in [2.75, 3.05) is 25.9 Å². The summed E-state index contributed by atoms with van der Waals surface area (Å²) in [7, 11) is 0. The molecule has 1 N–H and O–H groups in total. The first-order chi connectivity index (χ1) is 9.44. The minimum absolute atomic E-state index is 0.0966. The molecule has 0 aromatic heterocycles. The molecule has 1 rings (SSSR count). The van der Waals surface area contributed by atoms with Crippen molar-refractivity contribution in [3.8, 4) is 6.07 Å². The summed E-state index contributed by atoms with van der Waals surface area (Å²) >= 11 is 1.64. The molecule has 0 aliphatic carbocycles. The standard InChI is InChI=1S/C15H27N3OS/c1-12(2)5-8-17-14(19)13(3)18-9-6-15(11-16,20-4)7-10-18/h12-13H,5-10H2,1-4H3,(H,17,19). The third-order valence-corrected chi connectivity index (χ3v) is 5.43. The van der Waals surface area contributed by atoms with Crippen LogP contribution in [-0.2, 0) is 4.79 Å². The molecular formula is C15H27N3OS. The van der Waals surface area contributed by atoms with Crippen LogP contribution in [0.1, 0.15) is 40.0 Å². The highest BCUT2D eigenvalue weighted by Crippen LogP contribution is 2.34. The summed E-state index contributed by atoms with van der Waals surface area (Å²) in [6.45, 7) is 8.68. The Morgan fingerprint density at radius 2 is 2.00 bits per heavy atom. The topological polar surface area (TPSA) is 56.1 Å². The molecule has 0 aromatic carbocycles. The lowest BCUT2D eigenvalue weighted by Gasteiger charge is -2.38. The number of piperidine rings is 1. The number of rotatable bonds is 6. The van der Waals surface area contributed by atoms with Crippen molar-refractivity contribution >= 4 is 17.7 Å². The Morgan fingerprint density at radius 1 is 1.40 bits per heavy atom. The fourth-order valence-electron chi connectivity index (χ4n) is 2.43. The fraction of sp³-hybridized carbons (Fsp3) is 0.867. The van der Waals surface area contributed by atoms with Gasteiger partial charge in [-0.3, -0.25) is 9.69 Å². The highest BCUT2D eigenvalue weighted by Gasteiger charge is 2.36. The number of likely N-dealkylation sites (tertiary alicyclic amines) is 1. The van der Waals surface area contributed by atoms with Gasteiger partial charge in [0.25, 0.3) is 0 Å². The smallest absolute Gasteiger partial charge is 0.237 e. The Balaban J connectivity index is 2.40. The zero-order valence-corrected chi connectivity index (χ0v) is 13.9. The lowest BCUT2D eigenvalue weighted by Crippen LogP contribution is -2.51. The molecule has 0 spiro atoms. The number of nitrogens with one attached hydrogen (secondary N) is 1. The van der Waals surface area contributed by atoms with Crippen LogP contribution in [0.2, 0.25) is 0 Å². The molecule has 1 fully saturated rings. The van der Waals surface area contributed by atoms with Gasteiger partial charge in [-0.25, -0.2) is 0 Å². The van der Waals surface area contributed by atoms with Crippen molar-refractivity contribution < 1.29 is 4.79 Å². The first-order valence-corrected chi connectivity index (χ1v) is 8.65. The van der Waals surface area contributed by atoms with Gasteiger partial charge in [0.2, 0.25) is 5.91 Å². The molecule has 114 valence electrons. The Hall–Kier alpha value is -0.730. The maximum Gasteiger partial charge on any atom is 0.237 e.